The topological polar surface area (TPSA) is 49.6 Å². The van der Waals surface area contributed by atoms with Crippen LogP contribution in [0.4, 0.5) is 14.9 Å². The van der Waals surface area contributed by atoms with Gasteiger partial charge in [-0.1, -0.05) is 13.0 Å². The fraction of sp³-hybridized carbons (Fsp3) is 0.562. The number of hydrogen-bond acceptors (Lipinski definition) is 2. The lowest BCUT2D eigenvalue weighted by atomic mass is 9.99. The van der Waals surface area contributed by atoms with Gasteiger partial charge in [0.2, 0.25) is 0 Å². The summed E-state index contributed by atoms with van der Waals surface area (Å²) in [7, 11) is 0. The summed E-state index contributed by atoms with van der Waals surface area (Å²) in [6, 6.07) is 6.15. The largest absolute Gasteiger partial charge is 0.330 e. The molecule has 0 bridgehead atoms. The molecule has 1 saturated heterocycles. The van der Waals surface area contributed by atoms with Gasteiger partial charge in [-0.15, -0.1) is 0 Å². The van der Waals surface area contributed by atoms with Gasteiger partial charge in [0, 0.05) is 25.3 Å². The van der Waals surface area contributed by atoms with Crippen LogP contribution in [0.15, 0.2) is 24.3 Å². The van der Waals surface area contributed by atoms with Crippen LogP contribution < -0.4 is 10.6 Å². The van der Waals surface area contributed by atoms with Crippen molar-refractivity contribution in [2.45, 2.75) is 26.2 Å². The number of hydrogen-bond donors (Lipinski definition) is 1. The summed E-state index contributed by atoms with van der Waals surface area (Å²) >= 11 is 0. The molecule has 0 spiro atoms. The van der Waals surface area contributed by atoms with E-state index < -0.39 is 0 Å². The van der Waals surface area contributed by atoms with Crippen LogP contribution in [-0.2, 0) is 0 Å². The molecule has 1 aromatic rings. The minimum atomic E-state index is -0.328. The summed E-state index contributed by atoms with van der Waals surface area (Å²) in [6.45, 7) is 4.78. The van der Waals surface area contributed by atoms with Gasteiger partial charge in [0.25, 0.3) is 0 Å². The lowest BCUT2D eigenvalue weighted by Gasteiger charge is -2.35. The van der Waals surface area contributed by atoms with Gasteiger partial charge in [-0.2, -0.15) is 0 Å². The number of halogens is 1. The number of anilines is 1. The molecule has 0 radical (unpaired) electrons. The van der Waals surface area contributed by atoms with Gasteiger partial charge in [0.05, 0.1) is 0 Å². The Labute approximate surface area is 125 Å². The second-order valence-corrected chi connectivity index (χ2v) is 5.73. The van der Waals surface area contributed by atoms with Crippen LogP contribution in [0.25, 0.3) is 0 Å². The quantitative estimate of drug-likeness (QED) is 0.928. The molecule has 0 aliphatic carbocycles. The number of amides is 2. The van der Waals surface area contributed by atoms with Crippen molar-refractivity contribution in [1.82, 2.24) is 4.90 Å². The third kappa shape index (κ3) is 4.17. The fourth-order valence-corrected chi connectivity index (χ4v) is 2.60. The first-order valence-corrected chi connectivity index (χ1v) is 7.64. The van der Waals surface area contributed by atoms with Crippen LogP contribution in [0.3, 0.4) is 0 Å². The van der Waals surface area contributed by atoms with Crippen LogP contribution in [-0.4, -0.2) is 37.1 Å². The highest BCUT2D eigenvalue weighted by Gasteiger charge is 2.25. The predicted molar refractivity (Wildman–Crippen MR) is 82.8 cm³/mol. The smallest absolute Gasteiger partial charge is 0.324 e. The number of nitrogens with two attached hydrogens (primary N) is 1. The number of urea groups is 1. The zero-order chi connectivity index (χ0) is 15.2. The molecular formula is C16H24FN3O. The molecule has 1 aromatic carbocycles. The third-order valence-corrected chi connectivity index (χ3v) is 3.99. The van der Waals surface area contributed by atoms with E-state index in [9.17, 15) is 9.18 Å². The molecular weight excluding hydrogens is 269 g/mol. The highest BCUT2D eigenvalue weighted by Crippen LogP contribution is 2.21. The van der Waals surface area contributed by atoms with E-state index in [2.05, 4.69) is 6.92 Å². The minimum Gasteiger partial charge on any atom is -0.330 e. The van der Waals surface area contributed by atoms with E-state index in [-0.39, 0.29) is 11.8 Å². The number of piperidine rings is 1. The Hall–Kier alpha value is -1.62. The molecule has 2 N–H and O–H groups in total. The normalized spacial score (nSPS) is 16.0. The summed E-state index contributed by atoms with van der Waals surface area (Å²) in [5.74, 6) is 0.339. The second-order valence-electron chi connectivity index (χ2n) is 5.73. The van der Waals surface area contributed by atoms with Gasteiger partial charge in [0.15, 0.2) is 0 Å². The average molecular weight is 293 g/mol. The lowest BCUT2D eigenvalue weighted by molar-refractivity contribution is 0.180. The van der Waals surface area contributed by atoms with Crippen molar-refractivity contribution in [3.8, 4) is 0 Å². The number of nitrogens with zero attached hydrogens (tertiary/aromatic N) is 2. The van der Waals surface area contributed by atoms with Crippen molar-refractivity contribution in [3.05, 3.63) is 30.1 Å². The lowest BCUT2D eigenvalue weighted by Crippen LogP contribution is -2.47. The summed E-state index contributed by atoms with van der Waals surface area (Å²) in [6.07, 6.45) is 2.76. The zero-order valence-corrected chi connectivity index (χ0v) is 12.6. The van der Waals surface area contributed by atoms with E-state index in [1.807, 2.05) is 4.90 Å². The zero-order valence-electron chi connectivity index (χ0n) is 12.6. The SMILES string of the molecule is CC1CCN(C(=O)N(CCCN)c2cccc(F)c2)CC1. The van der Waals surface area contributed by atoms with Crippen LogP contribution in [0.1, 0.15) is 26.2 Å². The van der Waals surface area contributed by atoms with Crippen LogP contribution in [0.2, 0.25) is 0 Å². The predicted octanol–water partition coefficient (Wildman–Crippen LogP) is 2.83. The Balaban J connectivity index is 2.13. The molecule has 5 heteroatoms. The van der Waals surface area contributed by atoms with E-state index >= 15 is 0 Å². The van der Waals surface area contributed by atoms with Gasteiger partial charge in [-0.25, -0.2) is 9.18 Å². The number of carbonyl (C=O) groups is 1. The highest BCUT2D eigenvalue weighted by atomic mass is 19.1. The molecule has 0 atom stereocenters. The summed E-state index contributed by atoms with van der Waals surface area (Å²) < 4.78 is 13.4. The van der Waals surface area contributed by atoms with Gasteiger partial charge >= 0.3 is 6.03 Å². The van der Waals surface area contributed by atoms with Crippen LogP contribution in [0.5, 0.6) is 0 Å². The summed E-state index contributed by atoms with van der Waals surface area (Å²) in [5.41, 5.74) is 6.16. The first kappa shape index (κ1) is 15.8. The molecule has 21 heavy (non-hydrogen) atoms. The third-order valence-electron chi connectivity index (χ3n) is 3.99. The Kier molecular flexibility index (Phi) is 5.56. The maximum absolute atomic E-state index is 13.4. The molecule has 4 nitrogen and oxygen atoms in total. The van der Waals surface area contributed by atoms with Crippen molar-refractivity contribution in [2.24, 2.45) is 11.7 Å². The number of carbonyl (C=O) groups excluding carboxylic acids is 1. The van der Waals surface area contributed by atoms with Crippen molar-refractivity contribution in [1.29, 1.82) is 0 Å². The molecule has 1 heterocycles. The number of benzene rings is 1. The Morgan fingerprint density at radius 1 is 1.43 bits per heavy atom. The van der Waals surface area contributed by atoms with Crippen molar-refractivity contribution >= 4 is 11.7 Å². The maximum atomic E-state index is 13.4. The number of likely N-dealkylation sites (tertiary alicyclic amines) is 1. The Morgan fingerprint density at radius 3 is 2.76 bits per heavy atom. The first-order chi connectivity index (χ1) is 10.1. The Morgan fingerprint density at radius 2 is 2.14 bits per heavy atom. The molecule has 1 aliphatic heterocycles. The Bertz CT molecular complexity index is 472. The summed E-state index contributed by atoms with van der Waals surface area (Å²) in [4.78, 5) is 16.2. The monoisotopic (exact) mass is 293 g/mol. The van der Waals surface area contributed by atoms with Crippen molar-refractivity contribution < 1.29 is 9.18 Å². The van der Waals surface area contributed by atoms with Gasteiger partial charge < -0.3 is 10.6 Å². The fourth-order valence-electron chi connectivity index (χ4n) is 2.60. The first-order valence-electron chi connectivity index (χ1n) is 7.64. The molecule has 1 fully saturated rings. The van der Waals surface area contributed by atoms with Crippen molar-refractivity contribution in [2.75, 3.05) is 31.1 Å². The molecule has 116 valence electrons. The van der Waals surface area contributed by atoms with E-state index in [0.29, 0.717) is 31.1 Å². The van der Waals surface area contributed by atoms with Crippen LogP contribution in [0, 0.1) is 11.7 Å². The van der Waals surface area contributed by atoms with Gasteiger partial charge in [-0.3, -0.25) is 4.90 Å². The van der Waals surface area contributed by atoms with E-state index in [0.717, 1.165) is 25.9 Å². The molecule has 0 unspecified atom stereocenters. The van der Waals surface area contributed by atoms with Crippen LogP contribution >= 0.6 is 0 Å². The second kappa shape index (κ2) is 7.41. The molecule has 0 saturated carbocycles. The van der Waals surface area contributed by atoms with Crippen molar-refractivity contribution in [3.63, 3.8) is 0 Å². The van der Waals surface area contributed by atoms with E-state index in [4.69, 9.17) is 5.73 Å². The molecule has 2 rings (SSSR count). The number of rotatable bonds is 4. The minimum absolute atomic E-state index is 0.0408. The average Bonchev–Trinajstić information content (AvgIpc) is 2.48. The van der Waals surface area contributed by atoms with Gasteiger partial charge in [0.1, 0.15) is 5.82 Å². The highest BCUT2D eigenvalue weighted by molar-refractivity contribution is 5.92. The van der Waals surface area contributed by atoms with Gasteiger partial charge in [-0.05, 0) is 49.9 Å². The van der Waals surface area contributed by atoms with E-state index in [1.54, 1.807) is 17.0 Å². The van der Waals surface area contributed by atoms with E-state index in [1.165, 1.54) is 12.1 Å². The maximum Gasteiger partial charge on any atom is 0.324 e. The molecule has 1 aliphatic rings. The standard InChI is InChI=1S/C16H24FN3O/c1-13-6-10-19(11-7-13)16(21)20(9-3-8-18)15-5-2-4-14(17)12-15/h2,4-5,12-13H,3,6-11,18H2,1H3. The molecule has 2 amide bonds. The molecule has 0 aromatic heterocycles. The summed E-state index contributed by atoms with van der Waals surface area (Å²) in [5, 5.41) is 0.